The lowest BCUT2D eigenvalue weighted by Crippen LogP contribution is -2.43. The van der Waals surface area contributed by atoms with Crippen molar-refractivity contribution in [1.82, 2.24) is 9.80 Å². The van der Waals surface area contributed by atoms with Gasteiger partial charge in [-0.05, 0) is 39.5 Å². The maximum absolute atomic E-state index is 12.1. The van der Waals surface area contributed by atoms with Gasteiger partial charge in [0, 0.05) is 24.6 Å². The van der Waals surface area contributed by atoms with Gasteiger partial charge < -0.3 is 9.80 Å². The summed E-state index contributed by atoms with van der Waals surface area (Å²) < 4.78 is 0. The molecule has 1 aliphatic rings. The smallest absolute Gasteiger partial charge is 0.164 e. The van der Waals surface area contributed by atoms with E-state index in [1.165, 1.54) is 25.9 Å². The fourth-order valence-electron chi connectivity index (χ4n) is 2.91. The summed E-state index contributed by atoms with van der Waals surface area (Å²) in [6, 6.07) is 10.3. The van der Waals surface area contributed by atoms with Gasteiger partial charge >= 0.3 is 0 Å². The van der Waals surface area contributed by atoms with Crippen molar-refractivity contribution in [2.45, 2.75) is 32.2 Å². The molecule has 0 atom stereocenters. The predicted octanol–water partition coefficient (Wildman–Crippen LogP) is 2.68. The van der Waals surface area contributed by atoms with E-state index in [1.807, 2.05) is 30.3 Å². The first kappa shape index (κ1) is 15.2. The van der Waals surface area contributed by atoms with Crippen LogP contribution in [0.2, 0.25) is 0 Å². The Labute approximate surface area is 122 Å². The molecule has 1 saturated heterocycles. The molecule has 0 aromatic heterocycles. The molecular formula is C17H26N2O. The van der Waals surface area contributed by atoms with Gasteiger partial charge in [-0.2, -0.15) is 0 Å². The summed E-state index contributed by atoms with van der Waals surface area (Å²) in [5, 5.41) is 0. The number of piperidine rings is 1. The van der Waals surface area contributed by atoms with Gasteiger partial charge in [0.1, 0.15) is 0 Å². The molecule has 2 rings (SSSR count). The second kappa shape index (κ2) is 7.55. The molecular weight excluding hydrogens is 248 g/mol. The minimum Gasteiger partial charge on any atom is -0.303 e. The van der Waals surface area contributed by atoms with E-state index in [9.17, 15) is 4.79 Å². The van der Waals surface area contributed by atoms with E-state index in [4.69, 9.17) is 0 Å². The number of benzene rings is 1. The van der Waals surface area contributed by atoms with Crippen molar-refractivity contribution in [2.24, 2.45) is 0 Å². The van der Waals surface area contributed by atoms with E-state index in [1.54, 1.807) is 0 Å². The Bertz CT molecular complexity index is 410. The lowest BCUT2D eigenvalue weighted by Gasteiger charge is -2.36. The molecule has 0 spiro atoms. The van der Waals surface area contributed by atoms with Crippen LogP contribution in [0.25, 0.3) is 0 Å². The Balaban J connectivity index is 1.75. The van der Waals surface area contributed by atoms with Gasteiger partial charge in [-0.15, -0.1) is 0 Å². The number of likely N-dealkylation sites (tertiary alicyclic amines) is 1. The number of ketones is 1. The molecule has 20 heavy (non-hydrogen) atoms. The normalized spacial score (nSPS) is 17.6. The third kappa shape index (κ3) is 4.15. The van der Waals surface area contributed by atoms with Crippen molar-refractivity contribution in [1.29, 1.82) is 0 Å². The van der Waals surface area contributed by atoms with Crippen LogP contribution in [0.1, 0.15) is 36.5 Å². The van der Waals surface area contributed by atoms with Gasteiger partial charge in [0.25, 0.3) is 0 Å². The summed E-state index contributed by atoms with van der Waals surface area (Å²) in [6.07, 6.45) is 3.07. The number of carbonyl (C=O) groups is 1. The Kier molecular flexibility index (Phi) is 5.74. The van der Waals surface area contributed by atoms with Gasteiger partial charge in [-0.25, -0.2) is 0 Å². The highest BCUT2D eigenvalue weighted by Gasteiger charge is 2.21. The molecule has 110 valence electrons. The Morgan fingerprint density at radius 2 is 1.90 bits per heavy atom. The average molecular weight is 274 g/mol. The van der Waals surface area contributed by atoms with Crippen molar-refractivity contribution < 1.29 is 4.79 Å². The van der Waals surface area contributed by atoms with Crippen molar-refractivity contribution in [3.05, 3.63) is 35.9 Å². The summed E-state index contributed by atoms with van der Waals surface area (Å²) in [5.74, 6) is 0.253. The monoisotopic (exact) mass is 274 g/mol. The molecule has 3 nitrogen and oxygen atoms in total. The lowest BCUT2D eigenvalue weighted by molar-refractivity contribution is 0.0932. The molecule has 0 radical (unpaired) electrons. The van der Waals surface area contributed by atoms with Crippen LogP contribution in [0, 0.1) is 0 Å². The molecule has 1 aromatic carbocycles. The van der Waals surface area contributed by atoms with Crippen LogP contribution in [-0.2, 0) is 0 Å². The summed E-state index contributed by atoms with van der Waals surface area (Å²) in [6.45, 7) is 6.63. The average Bonchev–Trinajstić information content (AvgIpc) is 2.53. The highest BCUT2D eigenvalue weighted by molar-refractivity contribution is 5.96. The quantitative estimate of drug-likeness (QED) is 0.745. The lowest BCUT2D eigenvalue weighted by atomic mass is 10.0. The van der Waals surface area contributed by atoms with Crippen molar-refractivity contribution in [2.75, 3.05) is 33.2 Å². The van der Waals surface area contributed by atoms with E-state index in [0.717, 1.165) is 18.7 Å². The molecule has 1 aliphatic heterocycles. The van der Waals surface area contributed by atoms with Crippen molar-refractivity contribution >= 4 is 5.78 Å². The molecule has 3 heteroatoms. The maximum Gasteiger partial charge on any atom is 0.164 e. The molecule has 0 unspecified atom stereocenters. The minimum absolute atomic E-state index is 0.253. The molecule has 1 heterocycles. The molecule has 0 N–H and O–H groups in total. The third-order valence-electron chi connectivity index (χ3n) is 4.41. The third-order valence-corrected chi connectivity index (χ3v) is 4.41. The Hall–Kier alpha value is -1.19. The molecule has 0 amide bonds. The number of Topliss-reactive ketones (excluding diaryl/α,β-unsaturated/α-hetero) is 1. The highest BCUT2D eigenvalue weighted by Crippen LogP contribution is 2.15. The zero-order valence-electron chi connectivity index (χ0n) is 12.7. The first-order valence-corrected chi connectivity index (χ1v) is 7.71. The first-order valence-electron chi connectivity index (χ1n) is 7.71. The molecule has 0 aliphatic carbocycles. The van der Waals surface area contributed by atoms with E-state index in [-0.39, 0.29) is 5.78 Å². The fraction of sp³-hybridized carbons (Fsp3) is 0.588. The minimum atomic E-state index is 0.253. The topological polar surface area (TPSA) is 23.6 Å². The van der Waals surface area contributed by atoms with Crippen LogP contribution < -0.4 is 0 Å². The number of rotatable bonds is 6. The highest BCUT2D eigenvalue weighted by atomic mass is 16.1. The van der Waals surface area contributed by atoms with Gasteiger partial charge in [0.15, 0.2) is 5.78 Å². The summed E-state index contributed by atoms with van der Waals surface area (Å²) in [5.41, 5.74) is 0.835. The van der Waals surface area contributed by atoms with Crippen molar-refractivity contribution in [3.63, 3.8) is 0 Å². The van der Waals surface area contributed by atoms with Gasteiger partial charge in [0.2, 0.25) is 0 Å². The van der Waals surface area contributed by atoms with Gasteiger partial charge in [-0.3, -0.25) is 4.79 Å². The molecule has 1 fully saturated rings. The maximum atomic E-state index is 12.1. The van der Waals surface area contributed by atoms with Crippen LogP contribution in [-0.4, -0.2) is 54.9 Å². The van der Waals surface area contributed by atoms with Crippen LogP contribution >= 0.6 is 0 Å². The number of hydrogen-bond donors (Lipinski definition) is 0. The largest absolute Gasteiger partial charge is 0.303 e. The Morgan fingerprint density at radius 3 is 2.50 bits per heavy atom. The van der Waals surface area contributed by atoms with E-state index in [2.05, 4.69) is 23.8 Å². The van der Waals surface area contributed by atoms with Crippen LogP contribution in [0.5, 0.6) is 0 Å². The van der Waals surface area contributed by atoms with Gasteiger partial charge in [0.05, 0.1) is 0 Å². The summed E-state index contributed by atoms with van der Waals surface area (Å²) in [7, 11) is 2.16. The fourth-order valence-corrected chi connectivity index (χ4v) is 2.91. The summed E-state index contributed by atoms with van der Waals surface area (Å²) >= 11 is 0. The number of hydrogen-bond acceptors (Lipinski definition) is 3. The predicted molar refractivity (Wildman–Crippen MR) is 83.2 cm³/mol. The standard InChI is InChI=1S/C17H26N2O/c1-3-19-13-9-16(10-14-19)18(2)12-11-17(20)15-7-5-4-6-8-15/h4-8,16H,3,9-14H2,1-2H3. The van der Waals surface area contributed by atoms with Crippen LogP contribution in [0.4, 0.5) is 0 Å². The molecule has 0 saturated carbocycles. The van der Waals surface area contributed by atoms with E-state index >= 15 is 0 Å². The second-order valence-corrected chi connectivity index (χ2v) is 5.69. The van der Waals surface area contributed by atoms with Crippen LogP contribution in [0.15, 0.2) is 30.3 Å². The zero-order valence-corrected chi connectivity index (χ0v) is 12.7. The second-order valence-electron chi connectivity index (χ2n) is 5.69. The molecule has 1 aromatic rings. The summed E-state index contributed by atoms with van der Waals surface area (Å²) in [4.78, 5) is 17.0. The SMILES string of the molecule is CCN1CCC(N(C)CCC(=O)c2ccccc2)CC1. The van der Waals surface area contributed by atoms with Crippen LogP contribution in [0.3, 0.4) is 0 Å². The number of nitrogens with zero attached hydrogens (tertiary/aromatic N) is 2. The van der Waals surface area contributed by atoms with Crippen molar-refractivity contribution in [3.8, 4) is 0 Å². The Morgan fingerprint density at radius 1 is 1.25 bits per heavy atom. The number of carbonyl (C=O) groups excluding carboxylic acids is 1. The van der Waals surface area contributed by atoms with E-state index in [0.29, 0.717) is 12.5 Å². The van der Waals surface area contributed by atoms with Gasteiger partial charge in [-0.1, -0.05) is 37.3 Å². The zero-order chi connectivity index (χ0) is 14.4. The first-order chi connectivity index (χ1) is 9.70. The van der Waals surface area contributed by atoms with E-state index < -0.39 is 0 Å². The molecule has 0 bridgehead atoms.